The van der Waals surface area contributed by atoms with Gasteiger partial charge in [0.05, 0.1) is 5.69 Å². The molecule has 0 saturated heterocycles. The number of fused-ring (bicyclic) bond motifs is 10. The molecule has 0 fully saturated rings. The zero-order chi connectivity index (χ0) is 44.3. The van der Waals surface area contributed by atoms with Crippen LogP contribution in [-0.4, -0.2) is 0 Å². The molecule has 67 heavy (non-hydrogen) atoms. The molecule has 0 aliphatic rings. The van der Waals surface area contributed by atoms with E-state index in [9.17, 15) is 0 Å². The Hall–Kier alpha value is -8.50. The molecule has 13 rings (SSSR count). The number of para-hydroxylation sites is 1. The van der Waals surface area contributed by atoms with Crippen molar-refractivity contribution in [2.24, 2.45) is 0 Å². The van der Waals surface area contributed by atoms with Crippen molar-refractivity contribution in [1.82, 2.24) is 0 Å². The van der Waals surface area contributed by atoms with Gasteiger partial charge in [-0.05, 0) is 133 Å². The van der Waals surface area contributed by atoms with Crippen LogP contribution in [0.25, 0.3) is 85.5 Å². The van der Waals surface area contributed by atoms with Crippen molar-refractivity contribution in [3.63, 3.8) is 0 Å². The summed E-state index contributed by atoms with van der Waals surface area (Å²) >= 11 is 1.88. The summed E-state index contributed by atoms with van der Waals surface area (Å²) in [6.07, 6.45) is 0. The Kier molecular flexibility index (Phi) is 9.40. The van der Waals surface area contributed by atoms with E-state index in [-0.39, 0.29) is 0 Å². The van der Waals surface area contributed by atoms with E-state index < -0.39 is 0 Å². The number of thiophene rings is 1. The molecule has 0 unspecified atom stereocenters. The van der Waals surface area contributed by atoms with Crippen molar-refractivity contribution >= 4 is 109 Å². The number of hydrogen-bond donors (Lipinski definition) is 0. The highest BCUT2D eigenvalue weighted by Gasteiger charge is 2.19. The highest BCUT2D eigenvalue weighted by molar-refractivity contribution is 7.26. The number of anilines is 6. The van der Waals surface area contributed by atoms with Gasteiger partial charge < -0.3 is 9.80 Å². The zero-order valence-corrected chi connectivity index (χ0v) is 37.4. The van der Waals surface area contributed by atoms with Crippen molar-refractivity contribution < 1.29 is 0 Å². The smallest absolute Gasteiger partial charge is 0.0540 e. The Labute approximate surface area is 393 Å². The molecule has 0 spiro atoms. The normalized spacial score (nSPS) is 11.6. The molecule has 0 radical (unpaired) electrons. The lowest BCUT2D eigenvalue weighted by molar-refractivity contribution is 1.29. The summed E-state index contributed by atoms with van der Waals surface area (Å²) in [5.41, 5.74) is 11.5. The van der Waals surface area contributed by atoms with Gasteiger partial charge in [0.2, 0.25) is 0 Å². The molecule has 0 saturated carbocycles. The SMILES string of the molecule is c1ccc(N(c2ccc(-c3ccc(N(c4ccc(-c5cccc6c5sc5ccccc56)cc4)c4ccc5c6ccccc6c6ccccc6c5c4)cc3)cc2)c2cccc3ccccc23)cc1. The van der Waals surface area contributed by atoms with Crippen LogP contribution in [0.5, 0.6) is 0 Å². The summed E-state index contributed by atoms with van der Waals surface area (Å²) in [6, 6.07) is 93.1. The predicted molar refractivity (Wildman–Crippen MR) is 290 cm³/mol. The summed E-state index contributed by atoms with van der Waals surface area (Å²) in [4.78, 5) is 4.76. The third-order valence-corrected chi connectivity index (χ3v) is 14.7. The fourth-order valence-corrected chi connectivity index (χ4v) is 11.5. The van der Waals surface area contributed by atoms with Crippen LogP contribution in [0.4, 0.5) is 34.1 Å². The third kappa shape index (κ3) is 6.71. The maximum absolute atomic E-state index is 2.40. The number of hydrogen-bond acceptors (Lipinski definition) is 3. The van der Waals surface area contributed by atoms with Crippen LogP contribution in [0.1, 0.15) is 0 Å². The van der Waals surface area contributed by atoms with Gasteiger partial charge >= 0.3 is 0 Å². The van der Waals surface area contributed by atoms with Gasteiger partial charge in [-0.15, -0.1) is 11.3 Å². The summed E-state index contributed by atoms with van der Waals surface area (Å²) < 4.78 is 2.64. The predicted octanol–water partition coefficient (Wildman–Crippen LogP) is 18.9. The van der Waals surface area contributed by atoms with Crippen LogP contribution in [-0.2, 0) is 0 Å². The molecule has 314 valence electrons. The van der Waals surface area contributed by atoms with Gasteiger partial charge in [-0.25, -0.2) is 0 Å². The average molecular weight is 871 g/mol. The van der Waals surface area contributed by atoms with E-state index in [2.05, 4.69) is 265 Å². The van der Waals surface area contributed by atoms with Gasteiger partial charge in [0, 0.05) is 54.0 Å². The van der Waals surface area contributed by atoms with Crippen LogP contribution in [0.2, 0.25) is 0 Å². The maximum atomic E-state index is 2.40. The molecule has 0 N–H and O–H groups in total. The largest absolute Gasteiger partial charge is 0.310 e. The second kappa shape index (κ2) is 16.2. The van der Waals surface area contributed by atoms with E-state index >= 15 is 0 Å². The first-order valence-corrected chi connectivity index (χ1v) is 23.7. The minimum absolute atomic E-state index is 1.09. The summed E-state index contributed by atoms with van der Waals surface area (Å²) in [5, 5.41) is 12.7. The number of nitrogens with zero attached hydrogens (tertiary/aromatic N) is 2. The monoisotopic (exact) mass is 870 g/mol. The van der Waals surface area contributed by atoms with Gasteiger partial charge in [0.25, 0.3) is 0 Å². The first-order valence-electron chi connectivity index (χ1n) is 22.9. The lowest BCUT2D eigenvalue weighted by Crippen LogP contribution is -2.10. The topological polar surface area (TPSA) is 6.48 Å². The molecule has 3 heteroatoms. The van der Waals surface area contributed by atoms with E-state index in [4.69, 9.17) is 0 Å². The van der Waals surface area contributed by atoms with Crippen LogP contribution in [0, 0.1) is 0 Å². The molecular weight excluding hydrogens is 829 g/mol. The van der Waals surface area contributed by atoms with E-state index in [0.717, 1.165) is 45.3 Å². The first-order chi connectivity index (χ1) is 33.2. The maximum Gasteiger partial charge on any atom is 0.0540 e. The second-order valence-electron chi connectivity index (χ2n) is 17.2. The van der Waals surface area contributed by atoms with E-state index in [0.29, 0.717) is 0 Å². The number of benzene rings is 12. The van der Waals surface area contributed by atoms with Crippen molar-refractivity contribution in [3.8, 4) is 22.3 Å². The van der Waals surface area contributed by atoms with E-state index in [1.807, 2.05) is 11.3 Å². The molecular formula is C64H42N2S. The van der Waals surface area contributed by atoms with Crippen LogP contribution in [0.3, 0.4) is 0 Å². The quantitative estimate of drug-likeness (QED) is 0.140. The Balaban J connectivity index is 0.904. The molecule has 0 amide bonds. The van der Waals surface area contributed by atoms with Gasteiger partial charge in [-0.1, -0.05) is 182 Å². The average Bonchev–Trinajstić information content (AvgIpc) is 3.79. The molecule has 0 bridgehead atoms. The van der Waals surface area contributed by atoms with Gasteiger partial charge in [0.15, 0.2) is 0 Å². The van der Waals surface area contributed by atoms with Crippen molar-refractivity contribution in [2.75, 3.05) is 9.80 Å². The van der Waals surface area contributed by atoms with Crippen molar-refractivity contribution in [1.29, 1.82) is 0 Å². The fraction of sp³-hybridized carbons (Fsp3) is 0. The van der Waals surface area contributed by atoms with Crippen LogP contribution < -0.4 is 9.80 Å². The summed E-state index contributed by atoms with van der Waals surface area (Å²) in [7, 11) is 0. The van der Waals surface area contributed by atoms with Gasteiger partial charge in [-0.3, -0.25) is 0 Å². The lowest BCUT2D eigenvalue weighted by Gasteiger charge is -2.27. The second-order valence-corrected chi connectivity index (χ2v) is 18.3. The van der Waals surface area contributed by atoms with E-state index in [1.54, 1.807) is 0 Å². The number of rotatable bonds is 8. The molecule has 0 aliphatic heterocycles. The van der Waals surface area contributed by atoms with Gasteiger partial charge in [0.1, 0.15) is 0 Å². The first kappa shape index (κ1) is 38.9. The Bertz CT molecular complexity index is 3930. The van der Waals surface area contributed by atoms with E-state index in [1.165, 1.54) is 74.4 Å². The minimum Gasteiger partial charge on any atom is -0.310 e. The fourth-order valence-electron chi connectivity index (χ4n) is 10.3. The van der Waals surface area contributed by atoms with Crippen LogP contribution >= 0.6 is 11.3 Å². The molecule has 1 heterocycles. The third-order valence-electron chi connectivity index (χ3n) is 13.4. The van der Waals surface area contributed by atoms with Crippen LogP contribution in [0.15, 0.2) is 255 Å². The minimum atomic E-state index is 1.09. The molecule has 13 aromatic rings. The Morgan fingerprint density at radius 1 is 0.254 bits per heavy atom. The van der Waals surface area contributed by atoms with Crippen molar-refractivity contribution in [3.05, 3.63) is 255 Å². The highest BCUT2D eigenvalue weighted by atomic mass is 32.1. The standard InChI is InChI=1S/C64H42N2S/c1-2-16-47(17-3-1)66(62-26-12-15-45-14-4-5-18-52(45)62)50-36-30-44(31-37-50)43-28-34-48(35-29-43)65(51-40-41-58-56-21-7-6-19-54(56)55-20-8-9-22-57(55)61(58)42-51)49-38-32-46(33-39-49)53-24-13-25-60-59-23-10-11-27-63(59)67-64(53)60/h1-42H. The van der Waals surface area contributed by atoms with Gasteiger partial charge in [-0.2, -0.15) is 0 Å². The van der Waals surface area contributed by atoms with Crippen molar-refractivity contribution in [2.45, 2.75) is 0 Å². The molecule has 12 aromatic carbocycles. The molecule has 0 aliphatic carbocycles. The Morgan fingerprint density at radius 2 is 0.701 bits per heavy atom. The molecule has 0 atom stereocenters. The Morgan fingerprint density at radius 3 is 1.36 bits per heavy atom. The molecule has 2 nitrogen and oxygen atoms in total. The summed E-state index contributed by atoms with van der Waals surface area (Å²) in [6.45, 7) is 0. The molecule has 1 aromatic heterocycles. The highest BCUT2D eigenvalue weighted by Crippen LogP contribution is 2.45. The zero-order valence-electron chi connectivity index (χ0n) is 36.6. The summed E-state index contributed by atoms with van der Waals surface area (Å²) in [5.74, 6) is 0. The lowest BCUT2D eigenvalue weighted by atomic mass is 9.94.